The Hall–Kier alpha value is -0.610. The quantitative estimate of drug-likeness (QED) is 0.691. The van der Waals surface area contributed by atoms with Gasteiger partial charge in [-0.05, 0) is 37.8 Å². The molecule has 1 saturated heterocycles. The molecule has 0 aliphatic carbocycles. The number of hydrogen-bond donors (Lipinski definition) is 3. The minimum absolute atomic E-state index is 0.0518. The molecule has 1 heterocycles. The first-order valence-corrected chi connectivity index (χ1v) is 7.02. The summed E-state index contributed by atoms with van der Waals surface area (Å²) in [6.07, 6.45) is 1.77. The predicted molar refractivity (Wildman–Crippen MR) is 73.2 cm³/mol. The predicted octanol–water partition coefficient (Wildman–Crippen LogP) is 1.15. The molecule has 0 saturated carbocycles. The summed E-state index contributed by atoms with van der Waals surface area (Å²) in [7, 11) is 0. The van der Waals surface area contributed by atoms with Crippen LogP contribution in [0.4, 0.5) is 0 Å². The summed E-state index contributed by atoms with van der Waals surface area (Å²) in [4.78, 5) is 12.2. The molecule has 0 aromatic heterocycles. The highest BCUT2D eigenvalue weighted by atomic mass is 16.3. The van der Waals surface area contributed by atoms with Crippen molar-refractivity contribution in [1.29, 1.82) is 0 Å². The maximum absolute atomic E-state index is 12.2. The zero-order valence-electron chi connectivity index (χ0n) is 12.1. The Labute approximate surface area is 111 Å². The summed E-state index contributed by atoms with van der Waals surface area (Å²) in [6, 6.07) is 0. The van der Waals surface area contributed by atoms with Gasteiger partial charge in [-0.3, -0.25) is 4.79 Å². The summed E-state index contributed by atoms with van der Waals surface area (Å²) >= 11 is 0. The molecule has 0 spiro atoms. The van der Waals surface area contributed by atoms with Crippen LogP contribution in [0.15, 0.2) is 0 Å². The van der Waals surface area contributed by atoms with Gasteiger partial charge in [-0.15, -0.1) is 0 Å². The minimum atomic E-state index is -0.464. The number of hydrogen-bond acceptors (Lipinski definition) is 3. The molecule has 0 aromatic rings. The van der Waals surface area contributed by atoms with Gasteiger partial charge in [0.1, 0.15) is 0 Å². The van der Waals surface area contributed by atoms with E-state index in [0.717, 1.165) is 25.9 Å². The van der Waals surface area contributed by atoms with Crippen LogP contribution in [-0.2, 0) is 4.79 Å². The molecule has 1 rings (SSSR count). The molecule has 2 unspecified atom stereocenters. The number of rotatable bonds is 5. The summed E-state index contributed by atoms with van der Waals surface area (Å²) in [5, 5.41) is 16.0. The highest BCUT2D eigenvalue weighted by Gasteiger charge is 2.37. The second-order valence-corrected chi connectivity index (χ2v) is 6.29. The van der Waals surface area contributed by atoms with Crippen LogP contribution in [0, 0.1) is 17.3 Å². The van der Waals surface area contributed by atoms with Crippen molar-refractivity contribution in [2.45, 2.75) is 46.6 Å². The van der Waals surface area contributed by atoms with Crippen LogP contribution in [0.3, 0.4) is 0 Å². The van der Waals surface area contributed by atoms with Gasteiger partial charge in [0, 0.05) is 12.0 Å². The van der Waals surface area contributed by atoms with Crippen molar-refractivity contribution in [2.75, 3.05) is 19.6 Å². The minimum Gasteiger partial charge on any atom is -0.391 e. The molecule has 4 heteroatoms. The topological polar surface area (TPSA) is 61.4 Å². The molecule has 0 radical (unpaired) electrons. The van der Waals surface area contributed by atoms with E-state index in [0.29, 0.717) is 12.5 Å². The first-order valence-electron chi connectivity index (χ1n) is 7.02. The van der Waals surface area contributed by atoms with Gasteiger partial charge in [0.2, 0.25) is 5.91 Å². The molecule has 2 atom stereocenters. The fraction of sp³-hybridized carbons (Fsp3) is 0.929. The van der Waals surface area contributed by atoms with Gasteiger partial charge in [-0.1, -0.05) is 27.7 Å². The SMILES string of the molecule is CC(C)C(O)CNC(=O)C(C)(C)C1CCCNC1. The lowest BCUT2D eigenvalue weighted by Gasteiger charge is -2.36. The number of nitrogens with one attached hydrogen (secondary N) is 2. The van der Waals surface area contributed by atoms with E-state index < -0.39 is 6.10 Å². The largest absolute Gasteiger partial charge is 0.391 e. The Balaban J connectivity index is 2.48. The molecule has 106 valence electrons. The summed E-state index contributed by atoms with van der Waals surface area (Å²) in [5.41, 5.74) is -0.371. The number of aliphatic hydroxyl groups excluding tert-OH is 1. The number of carbonyl (C=O) groups is 1. The second kappa shape index (κ2) is 6.53. The van der Waals surface area contributed by atoms with Crippen LogP contribution in [0.5, 0.6) is 0 Å². The standard InChI is InChI=1S/C14H28N2O2/c1-10(2)12(17)9-16-13(18)14(3,4)11-6-5-7-15-8-11/h10-12,15,17H,5-9H2,1-4H3,(H,16,18). The lowest BCUT2D eigenvalue weighted by atomic mass is 9.74. The van der Waals surface area contributed by atoms with Crippen molar-refractivity contribution in [1.82, 2.24) is 10.6 Å². The Morgan fingerprint density at radius 3 is 2.67 bits per heavy atom. The van der Waals surface area contributed by atoms with Crippen molar-refractivity contribution in [3.8, 4) is 0 Å². The molecule has 4 nitrogen and oxygen atoms in total. The Bertz CT molecular complexity index is 271. The molecule has 0 aromatic carbocycles. The maximum atomic E-state index is 12.2. The van der Waals surface area contributed by atoms with Crippen LogP contribution < -0.4 is 10.6 Å². The van der Waals surface area contributed by atoms with Crippen molar-refractivity contribution in [3.05, 3.63) is 0 Å². The van der Waals surface area contributed by atoms with E-state index in [2.05, 4.69) is 10.6 Å². The number of aliphatic hydroxyl groups is 1. The van der Waals surface area contributed by atoms with Crippen molar-refractivity contribution in [3.63, 3.8) is 0 Å². The third kappa shape index (κ3) is 3.95. The first-order chi connectivity index (χ1) is 8.35. The Morgan fingerprint density at radius 2 is 2.17 bits per heavy atom. The van der Waals surface area contributed by atoms with Crippen LogP contribution in [0.2, 0.25) is 0 Å². The van der Waals surface area contributed by atoms with E-state index in [1.54, 1.807) is 0 Å². The number of amides is 1. The Kier molecular flexibility index (Phi) is 5.60. The molecule has 18 heavy (non-hydrogen) atoms. The lowest BCUT2D eigenvalue weighted by Crippen LogP contribution is -2.49. The van der Waals surface area contributed by atoms with E-state index in [1.165, 1.54) is 0 Å². The van der Waals surface area contributed by atoms with Crippen molar-refractivity contribution < 1.29 is 9.90 Å². The molecule has 1 aliphatic rings. The molecule has 3 N–H and O–H groups in total. The van der Waals surface area contributed by atoms with E-state index in [4.69, 9.17) is 0 Å². The average molecular weight is 256 g/mol. The number of carbonyl (C=O) groups excluding carboxylic acids is 1. The normalized spacial score (nSPS) is 22.9. The third-order valence-electron chi connectivity index (χ3n) is 4.14. The zero-order chi connectivity index (χ0) is 13.8. The number of piperidine rings is 1. The van der Waals surface area contributed by atoms with E-state index in [9.17, 15) is 9.90 Å². The summed E-state index contributed by atoms with van der Waals surface area (Å²) < 4.78 is 0. The van der Waals surface area contributed by atoms with Gasteiger partial charge >= 0.3 is 0 Å². The van der Waals surface area contributed by atoms with E-state index in [1.807, 2.05) is 27.7 Å². The maximum Gasteiger partial charge on any atom is 0.226 e. The fourth-order valence-electron chi connectivity index (χ4n) is 2.31. The molecule has 0 bridgehead atoms. The molecule has 1 aliphatic heterocycles. The van der Waals surface area contributed by atoms with Crippen LogP contribution in [0.25, 0.3) is 0 Å². The summed E-state index contributed by atoms with van der Waals surface area (Å²) in [5.74, 6) is 0.600. The second-order valence-electron chi connectivity index (χ2n) is 6.29. The molecule has 1 fully saturated rings. The van der Waals surface area contributed by atoms with Gasteiger partial charge in [0.05, 0.1) is 6.10 Å². The van der Waals surface area contributed by atoms with Crippen LogP contribution in [0.1, 0.15) is 40.5 Å². The van der Waals surface area contributed by atoms with Crippen LogP contribution >= 0.6 is 0 Å². The fourth-order valence-corrected chi connectivity index (χ4v) is 2.31. The summed E-state index contributed by atoms with van der Waals surface area (Å²) in [6.45, 7) is 10.2. The zero-order valence-corrected chi connectivity index (χ0v) is 12.1. The van der Waals surface area contributed by atoms with Crippen LogP contribution in [-0.4, -0.2) is 36.8 Å². The van der Waals surface area contributed by atoms with E-state index >= 15 is 0 Å². The highest BCUT2D eigenvalue weighted by molar-refractivity contribution is 5.82. The van der Waals surface area contributed by atoms with E-state index in [-0.39, 0.29) is 17.2 Å². The molecule has 1 amide bonds. The van der Waals surface area contributed by atoms with Gasteiger partial charge < -0.3 is 15.7 Å². The molecular formula is C14H28N2O2. The monoisotopic (exact) mass is 256 g/mol. The van der Waals surface area contributed by atoms with Crippen molar-refractivity contribution in [2.24, 2.45) is 17.3 Å². The third-order valence-corrected chi connectivity index (χ3v) is 4.14. The van der Waals surface area contributed by atoms with Gasteiger partial charge in [0.15, 0.2) is 0 Å². The lowest BCUT2D eigenvalue weighted by molar-refractivity contribution is -0.133. The van der Waals surface area contributed by atoms with Crippen molar-refractivity contribution >= 4 is 5.91 Å². The highest BCUT2D eigenvalue weighted by Crippen LogP contribution is 2.31. The average Bonchev–Trinajstić information content (AvgIpc) is 2.36. The molecular weight excluding hydrogens is 228 g/mol. The smallest absolute Gasteiger partial charge is 0.226 e. The first kappa shape index (κ1) is 15.4. The van der Waals surface area contributed by atoms with Gasteiger partial charge in [-0.25, -0.2) is 0 Å². The van der Waals surface area contributed by atoms with Gasteiger partial charge in [0.25, 0.3) is 0 Å². The Morgan fingerprint density at radius 1 is 1.50 bits per heavy atom. The van der Waals surface area contributed by atoms with Gasteiger partial charge in [-0.2, -0.15) is 0 Å².